The Morgan fingerprint density at radius 3 is 2.57 bits per heavy atom. The quantitative estimate of drug-likeness (QED) is 0.859. The van der Waals surface area contributed by atoms with E-state index in [0.29, 0.717) is 0 Å². The van der Waals surface area contributed by atoms with Crippen LogP contribution in [-0.4, -0.2) is 25.7 Å². The SMILES string of the molecule is COc1ccc(OC)c(CN2CCc3ccccc3C2)c1. The molecule has 0 spiro atoms. The van der Waals surface area contributed by atoms with Crippen LogP contribution in [0, 0.1) is 0 Å². The van der Waals surface area contributed by atoms with Crippen LogP contribution >= 0.6 is 0 Å². The van der Waals surface area contributed by atoms with Gasteiger partial charge in [0.25, 0.3) is 0 Å². The molecule has 2 aromatic carbocycles. The molecule has 3 nitrogen and oxygen atoms in total. The Bertz CT molecular complexity index is 624. The van der Waals surface area contributed by atoms with Gasteiger partial charge in [0, 0.05) is 25.2 Å². The van der Waals surface area contributed by atoms with Crippen molar-refractivity contribution < 1.29 is 9.47 Å². The van der Waals surface area contributed by atoms with Gasteiger partial charge in [0.1, 0.15) is 11.5 Å². The molecule has 0 saturated heterocycles. The number of benzene rings is 2. The lowest BCUT2D eigenvalue weighted by Crippen LogP contribution is -2.30. The minimum Gasteiger partial charge on any atom is -0.497 e. The highest BCUT2D eigenvalue weighted by Crippen LogP contribution is 2.27. The molecule has 0 aliphatic carbocycles. The van der Waals surface area contributed by atoms with Crippen LogP contribution in [-0.2, 0) is 19.5 Å². The third kappa shape index (κ3) is 3.03. The Labute approximate surface area is 126 Å². The lowest BCUT2D eigenvalue weighted by atomic mass is 9.99. The smallest absolute Gasteiger partial charge is 0.123 e. The molecule has 21 heavy (non-hydrogen) atoms. The highest BCUT2D eigenvalue weighted by atomic mass is 16.5. The predicted molar refractivity (Wildman–Crippen MR) is 83.8 cm³/mol. The summed E-state index contributed by atoms with van der Waals surface area (Å²) in [7, 11) is 3.42. The molecule has 0 radical (unpaired) electrons. The van der Waals surface area contributed by atoms with Crippen molar-refractivity contribution in [3.8, 4) is 11.5 Å². The maximum absolute atomic E-state index is 5.47. The third-order valence-electron chi connectivity index (χ3n) is 4.09. The summed E-state index contributed by atoms with van der Waals surface area (Å²) in [5, 5.41) is 0. The molecule has 0 unspecified atom stereocenters. The summed E-state index contributed by atoms with van der Waals surface area (Å²) < 4.78 is 10.8. The van der Waals surface area contributed by atoms with Crippen molar-refractivity contribution >= 4 is 0 Å². The topological polar surface area (TPSA) is 21.7 Å². The second kappa shape index (κ2) is 6.19. The predicted octanol–water partition coefficient (Wildman–Crippen LogP) is 3.26. The van der Waals surface area contributed by atoms with Crippen molar-refractivity contribution in [1.82, 2.24) is 4.90 Å². The van der Waals surface area contributed by atoms with Gasteiger partial charge in [-0.2, -0.15) is 0 Å². The number of hydrogen-bond acceptors (Lipinski definition) is 3. The van der Waals surface area contributed by atoms with Gasteiger partial charge in [0.2, 0.25) is 0 Å². The monoisotopic (exact) mass is 283 g/mol. The van der Waals surface area contributed by atoms with E-state index in [4.69, 9.17) is 9.47 Å². The maximum Gasteiger partial charge on any atom is 0.123 e. The van der Waals surface area contributed by atoms with Crippen LogP contribution in [0.5, 0.6) is 11.5 Å². The number of fused-ring (bicyclic) bond motifs is 1. The molecule has 3 heteroatoms. The molecule has 0 atom stereocenters. The Morgan fingerprint density at radius 1 is 1.00 bits per heavy atom. The highest BCUT2D eigenvalue weighted by molar-refractivity contribution is 5.40. The number of ether oxygens (including phenoxy) is 2. The van der Waals surface area contributed by atoms with Crippen LogP contribution in [0.4, 0.5) is 0 Å². The van der Waals surface area contributed by atoms with Crippen LogP contribution in [0.25, 0.3) is 0 Å². The van der Waals surface area contributed by atoms with E-state index >= 15 is 0 Å². The summed E-state index contributed by atoms with van der Waals surface area (Å²) >= 11 is 0. The standard InChI is InChI=1S/C18H21NO2/c1-20-17-7-8-18(21-2)16(11-17)13-19-10-9-14-5-3-4-6-15(14)12-19/h3-8,11H,9-10,12-13H2,1-2H3. The first-order valence-corrected chi connectivity index (χ1v) is 7.30. The van der Waals surface area contributed by atoms with E-state index in [1.54, 1.807) is 14.2 Å². The molecule has 110 valence electrons. The zero-order valence-corrected chi connectivity index (χ0v) is 12.6. The largest absolute Gasteiger partial charge is 0.497 e. The van der Waals surface area contributed by atoms with Gasteiger partial charge >= 0.3 is 0 Å². The Balaban J connectivity index is 1.78. The number of nitrogens with zero attached hydrogens (tertiary/aromatic N) is 1. The van der Waals surface area contributed by atoms with Crippen molar-refractivity contribution in [2.75, 3.05) is 20.8 Å². The van der Waals surface area contributed by atoms with Crippen molar-refractivity contribution in [3.05, 3.63) is 59.2 Å². The first-order valence-electron chi connectivity index (χ1n) is 7.30. The molecular weight excluding hydrogens is 262 g/mol. The van der Waals surface area contributed by atoms with Gasteiger partial charge in [0.05, 0.1) is 14.2 Å². The molecule has 3 rings (SSSR count). The minimum atomic E-state index is 0.878. The van der Waals surface area contributed by atoms with Gasteiger partial charge in [-0.1, -0.05) is 24.3 Å². The lowest BCUT2D eigenvalue weighted by Gasteiger charge is -2.29. The zero-order chi connectivity index (χ0) is 14.7. The highest BCUT2D eigenvalue weighted by Gasteiger charge is 2.17. The van der Waals surface area contributed by atoms with Crippen LogP contribution in [0.2, 0.25) is 0 Å². The number of rotatable bonds is 4. The number of hydrogen-bond donors (Lipinski definition) is 0. The third-order valence-corrected chi connectivity index (χ3v) is 4.09. The Kier molecular flexibility index (Phi) is 4.11. The molecule has 1 aliphatic heterocycles. The summed E-state index contributed by atoms with van der Waals surface area (Å²) in [5.41, 5.74) is 4.09. The fourth-order valence-corrected chi connectivity index (χ4v) is 2.94. The molecule has 0 aromatic heterocycles. The molecule has 0 bridgehead atoms. The van der Waals surface area contributed by atoms with E-state index in [-0.39, 0.29) is 0 Å². The van der Waals surface area contributed by atoms with E-state index in [1.165, 1.54) is 16.7 Å². The van der Waals surface area contributed by atoms with Crippen molar-refractivity contribution in [2.45, 2.75) is 19.5 Å². The van der Waals surface area contributed by atoms with Crippen LogP contribution < -0.4 is 9.47 Å². The molecule has 2 aromatic rings. The van der Waals surface area contributed by atoms with E-state index in [1.807, 2.05) is 12.1 Å². The summed E-state index contributed by atoms with van der Waals surface area (Å²) in [4.78, 5) is 2.46. The van der Waals surface area contributed by atoms with E-state index in [9.17, 15) is 0 Å². The molecule has 0 N–H and O–H groups in total. The minimum absolute atomic E-state index is 0.878. The summed E-state index contributed by atoms with van der Waals surface area (Å²) in [6.07, 6.45) is 1.11. The van der Waals surface area contributed by atoms with E-state index in [0.717, 1.165) is 37.6 Å². The zero-order valence-electron chi connectivity index (χ0n) is 12.6. The van der Waals surface area contributed by atoms with E-state index < -0.39 is 0 Å². The average Bonchev–Trinajstić information content (AvgIpc) is 2.54. The van der Waals surface area contributed by atoms with Gasteiger partial charge in [-0.05, 0) is 35.7 Å². The number of methoxy groups -OCH3 is 2. The normalized spacial score (nSPS) is 14.6. The van der Waals surface area contributed by atoms with Crippen molar-refractivity contribution in [3.63, 3.8) is 0 Å². The van der Waals surface area contributed by atoms with Gasteiger partial charge in [0.15, 0.2) is 0 Å². The fourth-order valence-electron chi connectivity index (χ4n) is 2.94. The second-order valence-electron chi connectivity index (χ2n) is 5.41. The molecule has 0 fully saturated rings. The van der Waals surface area contributed by atoms with Gasteiger partial charge < -0.3 is 9.47 Å². The molecular formula is C18H21NO2. The van der Waals surface area contributed by atoms with Crippen molar-refractivity contribution in [2.24, 2.45) is 0 Å². The van der Waals surface area contributed by atoms with Gasteiger partial charge in [-0.15, -0.1) is 0 Å². The summed E-state index contributed by atoms with van der Waals surface area (Å²) in [6, 6.07) is 14.7. The summed E-state index contributed by atoms with van der Waals surface area (Å²) in [5.74, 6) is 1.80. The first-order chi connectivity index (χ1) is 10.3. The Morgan fingerprint density at radius 2 is 1.81 bits per heavy atom. The average molecular weight is 283 g/mol. The van der Waals surface area contributed by atoms with Crippen LogP contribution in [0.1, 0.15) is 16.7 Å². The Hall–Kier alpha value is -2.00. The lowest BCUT2D eigenvalue weighted by molar-refractivity contribution is 0.241. The van der Waals surface area contributed by atoms with Crippen LogP contribution in [0.15, 0.2) is 42.5 Å². The second-order valence-corrected chi connectivity index (χ2v) is 5.41. The molecule has 1 aliphatic rings. The fraction of sp³-hybridized carbons (Fsp3) is 0.333. The molecule has 0 saturated carbocycles. The van der Waals surface area contributed by atoms with Gasteiger partial charge in [-0.25, -0.2) is 0 Å². The first kappa shape index (κ1) is 14.0. The summed E-state index contributed by atoms with van der Waals surface area (Å²) in [6.45, 7) is 2.96. The molecule has 0 amide bonds. The van der Waals surface area contributed by atoms with Crippen LogP contribution in [0.3, 0.4) is 0 Å². The molecule has 1 heterocycles. The van der Waals surface area contributed by atoms with Gasteiger partial charge in [-0.3, -0.25) is 4.90 Å². The van der Waals surface area contributed by atoms with Crippen molar-refractivity contribution in [1.29, 1.82) is 0 Å². The van der Waals surface area contributed by atoms with E-state index in [2.05, 4.69) is 35.2 Å². The maximum atomic E-state index is 5.47.